The molecule has 2 aliphatic rings. The number of likely N-dealkylation sites (N-methyl/N-ethyl adjacent to an activating group) is 1. The van der Waals surface area contributed by atoms with Crippen LogP contribution in [-0.2, 0) is 0 Å². The number of amides is 2. The molecule has 0 radical (unpaired) electrons. The van der Waals surface area contributed by atoms with Gasteiger partial charge in [-0.25, -0.2) is 4.79 Å². The molecule has 4 nitrogen and oxygen atoms in total. The molecular formula is C19H21N3O. The minimum absolute atomic E-state index is 0.0379. The first-order valence-corrected chi connectivity index (χ1v) is 8.08. The maximum Gasteiger partial charge on any atom is 0.326 e. The molecule has 0 aromatic heterocycles. The molecule has 2 aromatic carbocycles. The van der Waals surface area contributed by atoms with Gasteiger partial charge >= 0.3 is 6.03 Å². The highest BCUT2D eigenvalue weighted by atomic mass is 16.2. The summed E-state index contributed by atoms with van der Waals surface area (Å²) in [5, 5.41) is 3.04. The number of hydrogen-bond donors (Lipinski definition) is 1. The number of rotatable bonds is 1. The molecule has 2 amide bonds. The summed E-state index contributed by atoms with van der Waals surface area (Å²) in [5.74, 6) is 0.413. The van der Waals surface area contributed by atoms with E-state index in [1.54, 1.807) is 0 Å². The molecule has 23 heavy (non-hydrogen) atoms. The van der Waals surface area contributed by atoms with Crippen LogP contribution in [0.1, 0.15) is 17.0 Å². The molecule has 0 spiro atoms. The Bertz CT molecular complexity index is 744. The minimum Gasteiger partial charge on any atom is -0.308 e. The van der Waals surface area contributed by atoms with Gasteiger partial charge in [-0.3, -0.25) is 4.90 Å². The summed E-state index contributed by atoms with van der Waals surface area (Å²) >= 11 is 0. The fourth-order valence-electron chi connectivity index (χ4n) is 3.88. The highest BCUT2D eigenvalue weighted by Crippen LogP contribution is 2.45. The predicted molar refractivity (Wildman–Crippen MR) is 93.1 cm³/mol. The van der Waals surface area contributed by atoms with E-state index in [1.807, 2.05) is 35.2 Å². The van der Waals surface area contributed by atoms with Gasteiger partial charge in [0, 0.05) is 30.4 Å². The predicted octanol–water partition coefficient (Wildman–Crippen LogP) is 3.44. The molecule has 4 heteroatoms. The summed E-state index contributed by atoms with van der Waals surface area (Å²) in [7, 11) is 2.13. The Balaban J connectivity index is 1.68. The van der Waals surface area contributed by atoms with Gasteiger partial charge in [0.2, 0.25) is 0 Å². The van der Waals surface area contributed by atoms with E-state index in [2.05, 4.69) is 42.4 Å². The summed E-state index contributed by atoms with van der Waals surface area (Å²) in [4.78, 5) is 17.2. The number of aryl methyl sites for hydroxylation is 1. The van der Waals surface area contributed by atoms with Crippen LogP contribution in [0.25, 0.3) is 0 Å². The second-order valence-corrected chi connectivity index (χ2v) is 6.62. The van der Waals surface area contributed by atoms with Gasteiger partial charge in [0.25, 0.3) is 0 Å². The van der Waals surface area contributed by atoms with Crippen molar-refractivity contribution in [1.29, 1.82) is 0 Å². The maximum absolute atomic E-state index is 12.9. The van der Waals surface area contributed by atoms with Crippen LogP contribution < -0.4 is 10.2 Å². The van der Waals surface area contributed by atoms with Crippen LogP contribution in [0.5, 0.6) is 0 Å². The Kier molecular flexibility index (Phi) is 3.34. The number of carbonyl (C=O) groups excluding carboxylic acids is 1. The quantitative estimate of drug-likeness (QED) is 0.876. The monoisotopic (exact) mass is 307 g/mol. The van der Waals surface area contributed by atoms with E-state index >= 15 is 0 Å². The largest absolute Gasteiger partial charge is 0.326 e. The molecule has 1 N–H and O–H groups in total. The lowest BCUT2D eigenvalue weighted by Gasteiger charge is -2.25. The molecule has 2 aromatic rings. The molecule has 2 aliphatic heterocycles. The van der Waals surface area contributed by atoms with Gasteiger partial charge in [0.15, 0.2) is 0 Å². The third-order valence-electron chi connectivity index (χ3n) is 4.89. The summed E-state index contributed by atoms with van der Waals surface area (Å²) < 4.78 is 0. The summed E-state index contributed by atoms with van der Waals surface area (Å²) in [6.07, 6.45) is 0. The lowest BCUT2D eigenvalue weighted by molar-refractivity contribution is 0.255. The number of nitrogens with one attached hydrogen (secondary N) is 1. The zero-order chi connectivity index (χ0) is 16.0. The Morgan fingerprint density at radius 3 is 2.70 bits per heavy atom. The van der Waals surface area contributed by atoms with Crippen LogP contribution in [-0.4, -0.2) is 37.1 Å². The summed E-state index contributed by atoms with van der Waals surface area (Å²) in [6.45, 7) is 4.04. The van der Waals surface area contributed by atoms with Crippen LogP contribution in [0, 0.1) is 6.92 Å². The topological polar surface area (TPSA) is 35.6 Å². The van der Waals surface area contributed by atoms with Crippen molar-refractivity contribution in [2.45, 2.75) is 18.9 Å². The van der Waals surface area contributed by atoms with E-state index in [0.717, 1.165) is 24.5 Å². The average Bonchev–Trinajstić information content (AvgIpc) is 3.03. The number of benzene rings is 2. The lowest BCUT2D eigenvalue weighted by atomic mass is 9.97. The van der Waals surface area contributed by atoms with E-state index < -0.39 is 0 Å². The molecule has 2 heterocycles. The van der Waals surface area contributed by atoms with Gasteiger partial charge < -0.3 is 10.2 Å². The second kappa shape index (κ2) is 5.39. The number of para-hydroxylation sites is 1. The Morgan fingerprint density at radius 2 is 1.91 bits per heavy atom. The first kappa shape index (κ1) is 14.3. The molecule has 0 saturated carbocycles. The first-order valence-electron chi connectivity index (χ1n) is 8.08. The van der Waals surface area contributed by atoms with Crippen LogP contribution in [0.15, 0.2) is 48.5 Å². The highest BCUT2D eigenvalue weighted by molar-refractivity contribution is 6.04. The van der Waals surface area contributed by atoms with Gasteiger partial charge in [0.05, 0.1) is 6.04 Å². The van der Waals surface area contributed by atoms with E-state index in [9.17, 15) is 4.79 Å². The van der Waals surface area contributed by atoms with E-state index in [0.29, 0.717) is 5.92 Å². The SMILES string of the molecule is Cc1ccc2c(c1)C1CN(C)CC1N2C(=O)Nc1ccccc1. The van der Waals surface area contributed by atoms with Crippen molar-refractivity contribution in [3.05, 3.63) is 59.7 Å². The number of carbonyl (C=O) groups is 1. The van der Waals surface area contributed by atoms with E-state index in [-0.39, 0.29) is 12.1 Å². The van der Waals surface area contributed by atoms with E-state index in [1.165, 1.54) is 11.1 Å². The number of nitrogens with zero attached hydrogens (tertiary/aromatic N) is 2. The third kappa shape index (κ3) is 2.39. The molecule has 1 saturated heterocycles. The van der Waals surface area contributed by atoms with Crippen molar-refractivity contribution < 1.29 is 4.79 Å². The Hall–Kier alpha value is -2.33. The maximum atomic E-state index is 12.9. The van der Waals surface area contributed by atoms with Gasteiger partial charge in [-0.1, -0.05) is 35.9 Å². The number of hydrogen-bond acceptors (Lipinski definition) is 2. The standard InChI is InChI=1S/C19H21N3O/c1-13-8-9-17-15(10-13)16-11-21(2)12-18(16)22(17)19(23)20-14-6-4-3-5-7-14/h3-10,16,18H,11-12H2,1-2H3,(H,20,23). The third-order valence-corrected chi connectivity index (χ3v) is 4.89. The first-order chi connectivity index (χ1) is 11.1. The number of anilines is 2. The highest BCUT2D eigenvalue weighted by Gasteiger charge is 2.46. The molecular weight excluding hydrogens is 286 g/mol. The fourth-order valence-corrected chi connectivity index (χ4v) is 3.88. The zero-order valence-corrected chi connectivity index (χ0v) is 13.5. The van der Waals surface area contributed by atoms with Gasteiger partial charge in [0.1, 0.15) is 0 Å². The van der Waals surface area contributed by atoms with Crippen LogP contribution >= 0.6 is 0 Å². The van der Waals surface area contributed by atoms with E-state index in [4.69, 9.17) is 0 Å². The normalized spacial score (nSPS) is 22.8. The number of likely N-dealkylation sites (tertiary alicyclic amines) is 1. The average molecular weight is 307 g/mol. The fraction of sp³-hybridized carbons (Fsp3) is 0.316. The van der Waals surface area contributed by atoms with Crippen molar-refractivity contribution in [3.8, 4) is 0 Å². The Labute approximate surface area is 136 Å². The zero-order valence-electron chi connectivity index (χ0n) is 13.5. The molecule has 2 unspecified atom stereocenters. The van der Waals surface area contributed by atoms with Gasteiger partial charge in [-0.15, -0.1) is 0 Å². The smallest absolute Gasteiger partial charge is 0.308 e. The lowest BCUT2D eigenvalue weighted by Crippen LogP contribution is -2.43. The number of fused-ring (bicyclic) bond motifs is 3. The van der Waals surface area contributed by atoms with Crippen molar-refractivity contribution in [2.75, 3.05) is 30.4 Å². The molecule has 0 aliphatic carbocycles. The molecule has 1 fully saturated rings. The van der Waals surface area contributed by atoms with Crippen LogP contribution in [0.4, 0.5) is 16.2 Å². The molecule has 118 valence electrons. The number of urea groups is 1. The van der Waals surface area contributed by atoms with Crippen molar-refractivity contribution in [3.63, 3.8) is 0 Å². The van der Waals surface area contributed by atoms with Gasteiger partial charge in [-0.2, -0.15) is 0 Å². The van der Waals surface area contributed by atoms with Crippen molar-refractivity contribution in [1.82, 2.24) is 4.90 Å². The van der Waals surface area contributed by atoms with Crippen molar-refractivity contribution in [2.24, 2.45) is 0 Å². The summed E-state index contributed by atoms with van der Waals surface area (Å²) in [5.41, 5.74) is 4.46. The molecule has 2 atom stereocenters. The van der Waals surface area contributed by atoms with Crippen LogP contribution in [0.3, 0.4) is 0 Å². The van der Waals surface area contributed by atoms with Crippen molar-refractivity contribution >= 4 is 17.4 Å². The minimum atomic E-state index is -0.0379. The molecule has 0 bridgehead atoms. The van der Waals surface area contributed by atoms with Gasteiger partial charge in [-0.05, 0) is 37.7 Å². The second-order valence-electron chi connectivity index (χ2n) is 6.62. The van der Waals surface area contributed by atoms with Crippen LogP contribution in [0.2, 0.25) is 0 Å². The summed E-state index contributed by atoms with van der Waals surface area (Å²) in [6, 6.07) is 16.3. The Morgan fingerprint density at radius 1 is 1.13 bits per heavy atom. The molecule has 4 rings (SSSR count).